The predicted molar refractivity (Wildman–Crippen MR) is 89.7 cm³/mol. The molecule has 22 heavy (non-hydrogen) atoms. The van der Waals surface area contributed by atoms with Crippen molar-refractivity contribution >= 4 is 5.91 Å². The molecule has 0 bridgehead atoms. The molecule has 1 heterocycles. The summed E-state index contributed by atoms with van der Waals surface area (Å²) in [6.45, 7) is 7.48. The molecule has 0 radical (unpaired) electrons. The second kappa shape index (κ2) is 6.82. The zero-order valence-corrected chi connectivity index (χ0v) is 13.9. The van der Waals surface area contributed by atoms with E-state index in [1.54, 1.807) is 0 Å². The highest BCUT2D eigenvalue weighted by molar-refractivity contribution is 5.79. The molecule has 1 N–H and O–H groups in total. The number of likely N-dealkylation sites (tertiary alicyclic amines) is 1. The van der Waals surface area contributed by atoms with Crippen LogP contribution in [-0.2, 0) is 11.3 Å². The Balaban J connectivity index is 1.55. The largest absolute Gasteiger partial charge is 0.352 e. The van der Waals surface area contributed by atoms with Gasteiger partial charge in [0.05, 0.1) is 0 Å². The van der Waals surface area contributed by atoms with Crippen LogP contribution >= 0.6 is 0 Å². The molecular formula is C19H28N2O. The van der Waals surface area contributed by atoms with E-state index in [0.717, 1.165) is 38.9 Å². The molecule has 3 rings (SSSR count). The van der Waals surface area contributed by atoms with Crippen LogP contribution in [0.5, 0.6) is 0 Å². The molecule has 120 valence electrons. The zero-order chi connectivity index (χ0) is 15.5. The van der Waals surface area contributed by atoms with Crippen LogP contribution in [0, 0.1) is 19.8 Å². The fourth-order valence-corrected chi connectivity index (χ4v) is 3.52. The van der Waals surface area contributed by atoms with Gasteiger partial charge in [0, 0.05) is 25.0 Å². The summed E-state index contributed by atoms with van der Waals surface area (Å²) >= 11 is 0. The van der Waals surface area contributed by atoms with Crippen LogP contribution in [0.4, 0.5) is 0 Å². The second-order valence-electron chi connectivity index (χ2n) is 7.14. The molecule has 1 aromatic rings. The third-order valence-electron chi connectivity index (χ3n) is 5.23. The zero-order valence-electron chi connectivity index (χ0n) is 13.9. The van der Waals surface area contributed by atoms with E-state index in [1.807, 2.05) is 0 Å². The minimum Gasteiger partial charge on any atom is -0.352 e. The van der Waals surface area contributed by atoms with Gasteiger partial charge in [-0.25, -0.2) is 0 Å². The molecule has 1 unspecified atom stereocenters. The number of hydrogen-bond donors (Lipinski definition) is 1. The highest BCUT2D eigenvalue weighted by atomic mass is 16.2. The Bertz CT molecular complexity index is 536. The maximum Gasteiger partial charge on any atom is 0.223 e. The Labute approximate surface area is 134 Å². The molecule has 3 nitrogen and oxygen atoms in total. The number of carbonyl (C=O) groups excluding carboxylic acids is 1. The van der Waals surface area contributed by atoms with E-state index in [9.17, 15) is 4.79 Å². The maximum absolute atomic E-state index is 12.1. The number of nitrogens with zero attached hydrogens (tertiary/aromatic N) is 1. The fourth-order valence-electron chi connectivity index (χ4n) is 3.52. The number of carbonyl (C=O) groups is 1. The lowest BCUT2D eigenvalue weighted by molar-refractivity contribution is -0.128. The summed E-state index contributed by atoms with van der Waals surface area (Å²) in [6, 6.07) is 7.03. The summed E-state index contributed by atoms with van der Waals surface area (Å²) in [5, 5.41) is 3.28. The average molecular weight is 300 g/mol. The van der Waals surface area contributed by atoms with Crippen molar-refractivity contribution in [2.45, 2.75) is 58.5 Å². The van der Waals surface area contributed by atoms with Gasteiger partial charge in [0.2, 0.25) is 5.91 Å². The van der Waals surface area contributed by atoms with E-state index in [1.165, 1.54) is 29.5 Å². The van der Waals surface area contributed by atoms with E-state index in [-0.39, 0.29) is 0 Å². The van der Waals surface area contributed by atoms with E-state index in [4.69, 9.17) is 0 Å². The van der Waals surface area contributed by atoms with Crippen LogP contribution in [-0.4, -0.2) is 29.9 Å². The molecule has 3 heteroatoms. The summed E-state index contributed by atoms with van der Waals surface area (Å²) < 4.78 is 0. The standard InChI is InChI=1S/C19H28N2O/c1-14-8-9-15(2)17(11-14)12-21-10-4-7-18(13-21)20-19(22)16-5-3-6-16/h8-9,11,16,18H,3-7,10,12-13H2,1-2H3,(H,20,22). The topological polar surface area (TPSA) is 32.3 Å². The Kier molecular flexibility index (Phi) is 4.82. The van der Waals surface area contributed by atoms with Crippen LogP contribution < -0.4 is 5.32 Å². The first-order valence-electron chi connectivity index (χ1n) is 8.70. The van der Waals surface area contributed by atoms with Gasteiger partial charge in [-0.3, -0.25) is 9.69 Å². The molecule has 1 saturated carbocycles. The lowest BCUT2D eigenvalue weighted by Gasteiger charge is -2.35. The van der Waals surface area contributed by atoms with Crippen molar-refractivity contribution in [2.24, 2.45) is 5.92 Å². The average Bonchev–Trinajstić information content (AvgIpc) is 2.41. The highest BCUT2D eigenvalue weighted by Gasteiger charge is 2.28. The Morgan fingerprint density at radius 3 is 2.77 bits per heavy atom. The molecule has 1 aromatic carbocycles. The molecule has 1 amide bonds. The first-order chi connectivity index (χ1) is 10.6. The summed E-state index contributed by atoms with van der Waals surface area (Å²) in [5.74, 6) is 0.597. The maximum atomic E-state index is 12.1. The van der Waals surface area contributed by atoms with Gasteiger partial charge < -0.3 is 5.32 Å². The molecule has 1 atom stereocenters. The van der Waals surface area contributed by atoms with Gasteiger partial charge in [-0.15, -0.1) is 0 Å². The Morgan fingerprint density at radius 1 is 1.23 bits per heavy atom. The van der Waals surface area contributed by atoms with Gasteiger partial charge in [-0.1, -0.05) is 30.2 Å². The fraction of sp³-hybridized carbons (Fsp3) is 0.632. The molecular weight excluding hydrogens is 272 g/mol. The first-order valence-corrected chi connectivity index (χ1v) is 8.70. The Morgan fingerprint density at radius 2 is 2.05 bits per heavy atom. The van der Waals surface area contributed by atoms with E-state index in [2.05, 4.69) is 42.3 Å². The van der Waals surface area contributed by atoms with Crippen molar-refractivity contribution in [3.63, 3.8) is 0 Å². The summed E-state index contributed by atoms with van der Waals surface area (Å²) in [4.78, 5) is 14.6. The third-order valence-corrected chi connectivity index (χ3v) is 5.23. The predicted octanol–water partition coefficient (Wildman–Crippen LogP) is 3.18. The number of rotatable bonds is 4. The van der Waals surface area contributed by atoms with Crippen molar-refractivity contribution in [1.29, 1.82) is 0 Å². The van der Waals surface area contributed by atoms with Gasteiger partial charge in [-0.2, -0.15) is 0 Å². The minimum atomic E-state index is 0.296. The molecule has 1 aliphatic carbocycles. The smallest absolute Gasteiger partial charge is 0.223 e. The molecule has 0 aromatic heterocycles. The van der Waals surface area contributed by atoms with Crippen molar-refractivity contribution in [3.8, 4) is 0 Å². The van der Waals surface area contributed by atoms with Crippen LogP contribution in [0.3, 0.4) is 0 Å². The van der Waals surface area contributed by atoms with Crippen LogP contribution in [0.1, 0.15) is 48.8 Å². The van der Waals surface area contributed by atoms with Crippen molar-refractivity contribution in [1.82, 2.24) is 10.2 Å². The lowest BCUT2D eigenvalue weighted by atomic mass is 9.84. The monoisotopic (exact) mass is 300 g/mol. The molecule has 2 fully saturated rings. The van der Waals surface area contributed by atoms with Crippen LogP contribution in [0.2, 0.25) is 0 Å². The molecule has 2 aliphatic rings. The lowest BCUT2D eigenvalue weighted by Crippen LogP contribution is -2.49. The first kappa shape index (κ1) is 15.5. The van der Waals surface area contributed by atoms with Crippen molar-refractivity contribution in [2.75, 3.05) is 13.1 Å². The van der Waals surface area contributed by atoms with Gasteiger partial charge in [-0.05, 0) is 57.2 Å². The molecule has 0 spiro atoms. The van der Waals surface area contributed by atoms with Gasteiger partial charge >= 0.3 is 0 Å². The third kappa shape index (κ3) is 3.70. The Hall–Kier alpha value is -1.35. The van der Waals surface area contributed by atoms with Crippen molar-refractivity contribution in [3.05, 3.63) is 34.9 Å². The summed E-state index contributed by atoms with van der Waals surface area (Å²) in [6.07, 6.45) is 5.71. The number of aryl methyl sites for hydroxylation is 2. The number of amides is 1. The van der Waals surface area contributed by atoms with Crippen LogP contribution in [0.15, 0.2) is 18.2 Å². The number of piperidine rings is 1. The molecule has 1 saturated heterocycles. The van der Waals surface area contributed by atoms with E-state index in [0.29, 0.717) is 17.9 Å². The number of benzene rings is 1. The quantitative estimate of drug-likeness (QED) is 0.926. The van der Waals surface area contributed by atoms with E-state index >= 15 is 0 Å². The summed E-state index contributed by atoms with van der Waals surface area (Å²) in [5.41, 5.74) is 4.12. The van der Waals surface area contributed by atoms with Crippen LogP contribution in [0.25, 0.3) is 0 Å². The second-order valence-corrected chi connectivity index (χ2v) is 7.14. The van der Waals surface area contributed by atoms with Crippen molar-refractivity contribution < 1.29 is 4.79 Å². The summed E-state index contributed by atoms with van der Waals surface area (Å²) in [7, 11) is 0. The van der Waals surface area contributed by atoms with E-state index < -0.39 is 0 Å². The SMILES string of the molecule is Cc1ccc(C)c(CN2CCCC(NC(=O)C3CCC3)C2)c1. The molecule has 1 aliphatic heterocycles. The normalized spacial score (nSPS) is 23.1. The highest BCUT2D eigenvalue weighted by Crippen LogP contribution is 2.27. The number of hydrogen-bond acceptors (Lipinski definition) is 2. The van der Waals surface area contributed by atoms with Gasteiger partial charge in [0.25, 0.3) is 0 Å². The van der Waals surface area contributed by atoms with Gasteiger partial charge in [0.15, 0.2) is 0 Å². The van der Waals surface area contributed by atoms with Gasteiger partial charge in [0.1, 0.15) is 0 Å². The number of nitrogens with one attached hydrogen (secondary N) is 1. The minimum absolute atomic E-state index is 0.296.